The van der Waals surface area contributed by atoms with E-state index in [4.69, 9.17) is 0 Å². The van der Waals surface area contributed by atoms with E-state index in [1.165, 1.54) is 10.4 Å². The lowest BCUT2D eigenvalue weighted by Crippen LogP contribution is -2.39. The van der Waals surface area contributed by atoms with Gasteiger partial charge in [0.15, 0.2) is 5.43 Å². The average molecular weight is 479 g/mol. The first-order valence-electron chi connectivity index (χ1n) is 10.7. The molecule has 5 nitrogen and oxygen atoms in total. The summed E-state index contributed by atoms with van der Waals surface area (Å²) in [6, 6.07) is 11.9. The van der Waals surface area contributed by atoms with E-state index in [1.807, 2.05) is 19.1 Å². The van der Waals surface area contributed by atoms with E-state index >= 15 is 0 Å². The van der Waals surface area contributed by atoms with Crippen LogP contribution in [0.3, 0.4) is 0 Å². The Morgan fingerprint density at radius 2 is 1.67 bits per heavy atom. The first-order chi connectivity index (χ1) is 15.5. The van der Waals surface area contributed by atoms with Gasteiger partial charge in [0.2, 0.25) is 10.0 Å². The van der Waals surface area contributed by atoms with Gasteiger partial charge < -0.3 is 4.57 Å². The van der Waals surface area contributed by atoms with Gasteiger partial charge in [-0.25, -0.2) is 8.42 Å². The van der Waals surface area contributed by atoms with Gasteiger partial charge in [0.25, 0.3) is 0 Å². The average Bonchev–Trinajstić information content (AvgIpc) is 3.20. The molecule has 0 bridgehead atoms. The molecule has 0 aliphatic carbocycles. The molecule has 1 atom stereocenters. The third kappa shape index (κ3) is 4.84. The summed E-state index contributed by atoms with van der Waals surface area (Å²) in [5.41, 5.74) is 0.790. The number of hydrogen-bond acceptors (Lipinski definition) is 3. The standard InChI is InChI=1S/C24H25F3N2O3S/c1-16-5-8-18(9-6-16)15-33(31,32)29-11-3-4-19(29)14-28-21-10-7-17(2)12-20(21)22(30)13-23(28)24(25,26)27/h5-10,12-13,19H,3-4,11,14-15H2,1-2H3/t19-/m0/s1. The fraction of sp³-hybridized carbons (Fsp3) is 0.375. The van der Waals surface area contributed by atoms with Crippen molar-refractivity contribution in [2.75, 3.05) is 6.54 Å². The highest BCUT2D eigenvalue weighted by molar-refractivity contribution is 7.88. The maximum Gasteiger partial charge on any atom is 0.431 e. The molecule has 0 spiro atoms. The highest BCUT2D eigenvalue weighted by Crippen LogP contribution is 2.33. The van der Waals surface area contributed by atoms with Gasteiger partial charge in [-0.1, -0.05) is 41.5 Å². The molecule has 33 heavy (non-hydrogen) atoms. The number of pyridine rings is 1. The second-order valence-electron chi connectivity index (χ2n) is 8.67. The van der Waals surface area contributed by atoms with Crippen LogP contribution >= 0.6 is 0 Å². The number of alkyl halides is 3. The summed E-state index contributed by atoms with van der Waals surface area (Å²) in [5.74, 6) is -0.208. The summed E-state index contributed by atoms with van der Waals surface area (Å²) in [6.45, 7) is 3.75. The molecule has 3 aromatic rings. The Balaban J connectivity index is 1.73. The van der Waals surface area contributed by atoms with Crippen LogP contribution in [0, 0.1) is 13.8 Å². The van der Waals surface area contributed by atoms with Gasteiger partial charge in [-0.15, -0.1) is 0 Å². The second kappa shape index (κ2) is 8.61. The quantitative estimate of drug-likeness (QED) is 0.537. The van der Waals surface area contributed by atoms with Gasteiger partial charge in [-0.05, 0) is 44.4 Å². The summed E-state index contributed by atoms with van der Waals surface area (Å²) in [6.07, 6.45) is -3.73. The number of hydrogen-bond donors (Lipinski definition) is 0. The van der Waals surface area contributed by atoms with Crippen LogP contribution in [0.25, 0.3) is 10.9 Å². The van der Waals surface area contributed by atoms with Crippen LogP contribution in [-0.4, -0.2) is 29.9 Å². The molecule has 0 unspecified atom stereocenters. The lowest BCUT2D eigenvalue weighted by molar-refractivity contribution is -0.143. The first kappa shape index (κ1) is 23.5. The van der Waals surface area contributed by atoms with Crippen LogP contribution in [0.1, 0.15) is 35.2 Å². The smallest absolute Gasteiger partial charge is 0.335 e. The Bertz CT molecular complexity index is 1350. The van der Waals surface area contributed by atoms with E-state index in [0.29, 0.717) is 24.5 Å². The minimum Gasteiger partial charge on any atom is -0.335 e. The summed E-state index contributed by atoms with van der Waals surface area (Å²) >= 11 is 0. The largest absolute Gasteiger partial charge is 0.431 e. The summed E-state index contributed by atoms with van der Waals surface area (Å²) < 4.78 is 70.3. The number of benzene rings is 2. The molecule has 0 saturated carbocycles. The molecule has 0 N–H and O–H groups in total. The molecule has 1 aliphatic rings. The maximum atomic E-state index is 13.9. The van der Waals surface area contributed by atoms with Gasteiger partial charge in [0, 0.05) is 30.6 Å². The zero-order chi connectivity index (χ0) is 24.0. The summed E-state index contributed by atoms with van der Waals surface area (Å²) in [5, 5.41) is 0.190. The van der Waals surface area contributed by atoms with E-state index in [1.54, 1.807) is 31.2 Å². The third-order valence-electron chi connectivity index (χ3n) is 6.10. The molecular formula is C24H25F3N2O3S. The van der Waals surface area contributed by atoms with Gasteiger partial charge in [0.1, 0.15) is 5.69 Å². The Hall–Kier alpha value is -2.65. The monoisotopic (exact) mass is 478 g/mol. The van der Waals surface area contributed by atoms with Crippen LogP contribution in [0.15, 0.2) is 53.3 Å². The summed E-state index contributed by atoms with van der Waals surface area (Å²) in [4.78, 5) is 12.4. The Morgan fingerprint density at radius 3 is 2.33 bits per heavy atom. The van der Waals surface area contributed by atoms with Crippen LogP contribution < -0.4 is 5.43 Å². The predicted octanol–water partition coefficient (Wildman–Crippen LogP) is 4.63. The second-order valence-corrected chi connectivity index (χ2v) is 10.6. The number of sulfonamides is 1. The first-order valence-corrected chi connectivity index (χ1v) is 12.3. The molecule has 2 heterocycles. The minimum atomic E-state index is -4.75. The number of aromatic nitrogens is 1. The molecule has 176 valence electrons. The van der Waals surface area contributed by atoms with Gasteiger partial charge in [-0.3, -0.25) is 4.79 Å². The van der Waals surface area contributed by atoms with Crippen molar-refractivity contribution in [1.29, 1.82) is 0 Å². The fourth-order valence-electron chi connectivity index (χ4n) is 4.47. The molecule has 1 aliphatic heterocycles. The van der Waals surface area contributed by atoms with Crippen molar-refractivity contribution >= 4 is 20.9 Å². The lowest BCUT2D eigenvalue weighted by Gasteiger charge is -2.27. The molecule has 1 fully saturated rings. The number of halogens is 3. The zero-order valence-electron chi connectivity index (χ0n) is 18.4. The van der Waals surface area contributed by atoms with Crippen LogP contribution in [0.2, 0.25) is 0 Å². The van der Waals surface area contributed by atoms with E-state index in [-0.39, 0.29) is 29.7 Å². The topological polar surface area (TPSA) is 59.4 Å². The van der Waals surface area contributed by atoms with Crippen molar-refractivity contribution in [2.45, 2.75) is 51.2 Å². The van der Waals surface area contributed by atoms with Gasteiger partial charge in [0.05, 0.1) is 11.3 Å². The highest BCUT2D eigenvalue weighted by atomic mass is 32.2. The van der Waals surface area contributed by atoms with E-state index in [2.05, 4.69) is 0 Å². The van der Waals surface area contributed by atoms with Crippen LogP contribution in [-0.2, 0) is 28.5 Å². The number of nitrogens with zero attached hydrogens (tertiary/aromatic N) is 2. The van der Waals surface area contributed by atoms with Crippen molar-refractivity contribution in [1.82, 2.24) is 8.87 Å². The maximum absolute atomic E-state index is 13.9. The number of aryl methyl sites for hydroxylation is 2. The SMILES string of the molecule is Cc1ccc(CS(=O)(=O)N2CCC[C@H]2Cn2c(C(F)(F)F)cc(=O)c3cc(C)ccc32)cc1. The van der Waals surface area contributed by atoms with E-state index in [9.17, 15) is 26.4 Å². The Labute approximate surface area is 190 Å². The van der Waals surface area contributed by atoms with Crippen molar-refractivity contribution < 1.29 is 21.6 Å². The Morgan fingerprint density at radius 1 is 1.00 bits per heavy atom. The fourth-order valence-corrected chi connectivity index (χ4v) is 6.28. The Kier molecular flexibility index (Phi) is 6.13. The highest BCUT2D eigenvalue weighted by Gasteiger charge is 2.39. The van der Waals surface area contributed by atoms with Crippen LogP contribution in [0.5, 0.6) is 0 Å². The van der Waals surface area contributed by atoms with E-state index < -0.39 is 33.4 Å². The summed E-state index contributed by atoms with van der Waals surface area (Å²) in [7, 11) is -3.73. The molecule has 0 amide bonds. The van der Waals surface area contributed by atoms with Crippen molar-refractivity contribution in [3.05, 3.63) is 81.1 Å². The van der Waals surface area contributed by atoms with Gasteiger partial charge in [-0.2, -0.15) is 17.5 Å². The zero-order valence-corrected chi connectivity index (χ0v) is 19.2. The molecule has 4 rings (SSSR count). The normalized spacial score (nSPS) is 17.7. The van der Waals surface area contributed by atoms with Crippen molar-refractivity contribution in [3.63, 3.8) is 0 Å². The minimum absolute atomic E-state index is 0.156. The van der Waals surface area contributed by atoms with Crippen molar-refractivity contribution in [3.8, 4) is 0 Å². The molecule has 1 saturated heterocycles. The third-order valence-corrected chi connectivity index (χ3v) is 7.99. The number of rotatable bonds is 5. The lowest BCUT2D eigenvalue weighted by atomic mass is 10.1. The van der Waals surface area contributed by atoms with Crippen molar-refractivity contribution in [2.24, 2.45) is 0 Å². The van der Waals surface area contributed by atoms with E-state index in [0.717, 1.165) is 15.7 Å². The molecule has 9 heteroatoms. The molecule has 1 aromatic heterocycles. The molecular weight excluding hydrogens is 453 g/mol. The molecule has 0 radical (unpaired) electrons. The van der Waals surface area contributed by atoms with Gasteiger partial charge >= 0.3 is 6.18 Å². The molecule has 2 aromatic carbocycles. The number of fused-ring (bicyclic) bond motifs is 1. The predicted molar refractivity (Wildman–Crippen MR) is 121 cm³/mol. The van der Waals surface area contributed by atoms with Crippen LogP contribution in [0.4, 0.5) is 13.2 Å².